The van der Waals surface area contributed by atoms with Crippen LogP contribution in [-0.4, -0.2) is 28.7 Å². The highest BCUT2D eigenvalue weighted by Gasteiger charge is 2.37. The summed E-state index contributed by atoms with van der Waals surface area (Å²) in [5.41, 5.74) is 0.951. The molecule has 2 rings (SSSR count). The summed E-state index contributed by atoms with van der Waals surface area (Å²) in [5.74, 6) is 0.402. The molecule has 2 heterocycles. The number of aromatic nitrogens is 2. The normalized spacial score (nSPS) is 18.8. The third kappa shape index (κ3) is 2.80. The van der Waals surface area contributed by atoms with E-state index in [0.29, 0.717) is 12.2 Å². The average molecular weight is 249 g/mol. The molecule has 0 atom stereocenters. The van der Waals surface area contributed by atoms with Crippen LogP contribution in [0, 0.1) is 5.41 Å². The van der Waals surface area contributed by atoms with Crippen molar-refractivity contribution in [1.82, 2.24) is 15.1 Å². The monoisotopic (exact) mass is 249 g/mol. The zero-order valence-electron chi connectivity index (χ0n) is 11.4. The van der Waals surface area contributed by atoms with Crippen LogP contribution in [0.5, 0.6) is 0 Å². The first-order chi connectivity index (χ1) is 8.66. The summed E-state index contributed by atoms with van der Waals surface area (Å²) in [6, 6.07) is 0. The quantitative estimate of drug-likeness (QED) is 0.864. The van der Waals surface area contributed by atoms with Gasteiger partial charge in [0.2, 0.25) is 0 Å². The van der Waals surface area contributed by atoms with Crippen molar-refractivity contribution < 1.29 is 4.79 Å². The number of nitrogens with zero attached hydrogens (tertiary/aromatic N) is 2. The fourth-order valence-electron chi connectivity index (χ4n) is 2.99. The Morgan fingerprint density at radius 3 is 2.78 bits per heavy atom. The highest BCUT2D eigenvalue weighted by molar-refractivity contribution is 5.86. The van der Waals surface area contributed by atoms with E-state index in [2.05, 4.69) is 17.3 Å². The molecule has 1 N–H and O–H groups in total. The molecule has 0 saturated carbocycles. The molecule has 0 unspecified atom stereocenters. The Kier molecular flexibility index (Phi) is 4.17. The number of hydrogen-bond donors (Lipinski definition) is 1. The molecule has 1 fully saturated rings. The van der Waals surface area contributed by atoms with Crippen LogP contribution < -0.4 is 5.32 Å². The third-order valence-electron chi connectivity index (χ3n) is 4.00. The van der Waals surface area contributed by atoms with E-state index in [1.807, 2.05) is 13.2 Å². The van der Waals surface area contributed by atoms with Crippen molar-refractivity contribution in [2.75, 3.05) is 13.1 Å². The largest absolute Gasteiger partial charge is 0.317 e. The first-order valence-electron chi connectivity index (χ1n) is 6.88. The maximum Gasteiger partial charge on any atom is 0.143 e. The summed E-state index contributed by atoms with van der Waals surface area (Å²) in [7, 11) is 1.89. The summed E-state index contributed by atoms with van der Waals surface area (Å²) < 4.78 is 1.76. The fourth-order valence-corrected chi connectivity index (χ4v) is 2.99. The van der Waals surface area contributed by atoms with Gasteiger partial charge >= 0.3 is 0 Å². The van der Waals surface area contributed by atoms with E-state index in [1.54, 1.807) is 10.9 Å². The second kappa shape index (κ2) is 5.65. The number of carbonyl (C=O) groups is 1. The first kappa shape index (κ1) is 13.3. The van der Waals surface area contributed by atoms with Crippen LogP contribution in [0.1, 0.15) is 38.2 Å². The second-order valence-corrected chi connectivity index (χ2v) is 5.40. The number of carbonyl (C=O) groups excluding carboxylic acids is 1. The smallest absolute Gasteiger partial charge is 0.143 e. The van der Waals surface area contributed by atoms with Gasteiger partial charge in [0.15, 0.2) is 0 Å². The number of hydrogen-bond acceptors (Lipinski definition) is 3. The molecular formula is C14H23N3O. The van der Waals surface area contributed by atoms with E-state index >= 15 is 0 Å². The molecule has 1 aromatic heterocycles. The van der Waals surface area contributed by atoms with Crippen LogP contribution in [0.25, 0.3) is 0 Å². The minimum atomic E-state index is -0.0875. The van der Waals surface area contributed by atoms with Gasteiger partial charge in [-0.3, -0.25) is 9.48 Å². The molecule has 18 heavy (non-hydrogen) atoms. The number of ketones is 1. The fraction of sp³-hybridized carbons (Fsp3) is 0.714. The van der Waals surface area contributed by atoms with Gasteiger partial charge in [-0.1, -0.05) is 13.3 Å². The van der Waals surface area contributed by atoms with Crippen molar-refractivity contribution >= 4 is 5.78 Å². The Balaban J connectivity index is 2.08. The van der Waals surface area contributed by atoms with Gasteiger partial charge in [-0.2, -0.15) is 5.10 Å². The predicted octanol–water partition coefficient (Wildman–Crippen LogP) is 1.70. The van der Waals surface area contributed by atoms with Crippen LogP contribution in [0.15, 0.2) is 12.4 Å². The summed E-state index contributed by atoms with van der Waals surface area (Å²) in [6.45, 7) is 4.11. The van der Waals surface area contributed by atoms with Crippen molar-refractivity contribution in [3.05, 3.63) is 18.0 Å². The third-order valence-corrected chi connectivity index (χ3v) is 4.00. The number of Topliss-reactive ketones (excluding diaryl/α,β-unsaturated/α-hetero) is 1. The van der Waals surface area contributed by atoms with Crippen molar-refractivity contribution in [2.45, 2.75) is 39.0 Å². The second-order valence-electron chi connectivity index (χ2n) is 5.40. The van der Waals surface area contributed by atoms with Crippen molar-refractivity contribution in [1.29, 1.82) is 0 Å². The highest BCUT2D eigenvalue weighted by atomic mass is 16.1. The number of piperidine rings is 1. The van der Waals surface area contributed by atoms with Crippen molar-refractivity contribution in [2.24, 2.45) is 12.5 Å². The van der Waals surface area contributed by atoms with Gasteiger partial charge in [-0.25, -0.2) is 0 Å². The summed E-state index contributed by atoms with van der Waals surface area (Å²) in [6.07, 6.45) is 8.36. The topological polar surface area (TPSA) is 46.9 Å². The molecule has 0 spiro atoms. The molecule has 0 aliphatic carbocycles. The molecule has 0 bridgehead atoms. The lowest BCUT2D eigenvalue weighted by Gasteiger charge is -2.36. The zero-order chi connectivity index (χ0) is 13.0. The Morgan fingerprint density at radius 2 is 2.22 bits per heavy atom. The molecule has 1 saturated heterocycles. The minimum Gasteiger partial charge on any atom is -0.317 e. The maximum absolute atomic E-state index is 12.6. The van der Waals surface area contributed by atoms with Gasteiger partial charge in [0.05, 0.1) is 6.20 Å². The van der Waals surface area contributed by atoms with E-state index < -0.39 is 0 Å². The van der Waals surface area contributed by atoms with Crippen LogP contribution in [0.2, 0.25) is 0 Å². The Morgan fingerprint density at radius 1 is 1.50 bits per heavy atom. The zero-order valence-corrected chi connectivity index (χ0v) is 11.4. The Labute approximate surface area is 109 Å². The van der Waals surface area contributed by atoms with E-state index in [4.69, 9.17) is 0 Å². The van der Waals surface area contributed by atoms with Gasteiger partial charge in [-0.15, -0.1) is 0 Å². The lowest BCUT2D eigenvalue weighted by atomic mass is 9.71. The SMILES string of the molecule is CCCC1(C(=O)Cc2cnn(C)c2)CCNCC1. The number of rotatable bonds is 5. The van der Waals surface area contributed by atoms with Gasteiger partial charge in [0.1, 0.15) is 5.78 Å². The van der Waals surface area contributed by atoms with E-state index in [1.165, 1.54) is 0 Å². The first-order valence-corrected chi connectivity index (χ1v) is 6.88. The number of aryl methyl sites for hydroxylation is 1. The molecule has 0 amide bonds. The van der Waals surface area contributed by atoms with Crippen molar-refractivity contribution in [3.63, 3.8) is 0 Å². The maximum atomic E-state index is 12.6. The minimum absolute atomic E-state index is 0.0875. The molecule has 0 radical (unpaired) electrons. The van der Waals surface area contributed by atoms with Gasteiger partial charge < -0.3 is 5.32 Å². The highest BCUT2D eigenvalue weighted by Crippen LogP contribution is 2.36. The van der Waals surface area contributed by atoms with E-state index in [9.17, 15) is 4.79 Å². The van der Waals surface area contributed by atoms with Crippen LogP contribution in [0.4, 0.5) is 0 Å². The van der Waals surface area contributed by atoms with Gasteiger partial charge in [0.25, 0.3) is 0 Å². The van der Waals surface area contributed by atoms with Crippen molar-refractivity contribution in [3.8, 4) is 0 Å². The van der Waals surface area contributed by atoms with Crippen LogP contribution in [0.3, 0.4) is 0 Å². The molecule has 0 aromatic carbocycles. The predicted molar refractivity (Wildman–Crippen MR) is 71.4 cm³/mol. The molecule has 1 aliphatic heterocycles. The summed E-state index contributed by atoms with van der Waals surface area (Å²) >= 11 is 0. The van der Waals surface area contributed by atoms with Crippen LogP contribution >= 0.6 is 0 Å². The summed E-state index contributed by atoms with van der Waals surface area (Å²) in [4.78, 5) is 12.6. The average Bonchev–Trinajstić information content (AvgIpc) is 2.76. The van der Waals surface area contributed by atoms with Crippen LogP contribution in [-0.2, 0) is 18.3 Å². The molecule has 4 nitrogen and oxygen atoms in total. The molecule has 100 valence electrons. The van der Waals surface area contributed by atoms with E-state index in [-0.39, 0.29) is 5.41 Å². The number of nitrogens with one attached hydrogen (secondary N) is 1. The summed E-state index contributed by atoms with van der Waals surface area (Å²) in [5, 5.41) is 7.49. The van der Waals surface area contributed by atoms with Gasteiger partial charge in [0, 0.05) is 25.1 Å². The standard InChI is InChI=1S/C14H23N3O/c1-3-4-14(5-7-15-8-6-14)13(18)9-12-10-16-17(2)11-12/h10-11,15H,3-9H2,1-2H3. The lowest BCUT2D eigenvalue weighted by Crippen LogP contribution is -2.42. The Hall–Kier alpha value is -1.16. The Bertz CT molecular complexity index is 399. The molecular weight excluding hydrogens is 226 g/mol. The molecule has 4 heteroatoms. The molecule has 1 aliphatic rings. The lowest BCUT2D eigenvalue weighted by molar-refractivity contribution is -0.130. The van der Waals surface area contributed by atoms with E-state index in [0.717, 1.165) is 44.3 Å². The van der Waals surface area contributed by atoms with Gasteiger partial charge in [-0.05, 0) is 37.9 Å². The molecule has 1 aromatic rings.